The summed E-state index contributed by atoms with van der Waals surface area (Å²) in [6.07, 6.45) is 8.24. The lowest BCUT2D eigenvalue weighted by Gasteiger charge is -2.37. The van der Waals surface area contributed by atoms with Gasteiger partial charge in [-0.05, 0) is 51.4 Å². The van der Waals surface area contributed by atoms with E-state index in [0.717, 1.165) is 19.3 Å². The maximum absolute atomic E-state index is 12.7. The zero-order valence-electron chi connectivity index (χ0n) is 12.9. The SMILES string of the molecule is CSC1CCCC(NC(=O)C2(S(C)(=O)=O)CCNCC2)C1. The van der Waals surface area contributed by atoms with Gasteiger partial charge < -0.3 is 10.6 Å². The van der Waals surface area contributed by atoms with Crippen LogP contribution in [0.25, 0.3) is 0 Å². The molecule has 1 heterocycles. The summed E-state index contributed by atoms with van der Waals surface area (Å²) in [7, 11) is -3.41. The molecule has 2 rings (SSSR count). The first kappa shape index (κ1) is 17.1. The molecule has 122 valence electrons. The average Bonchev–Trinajstić information content (AvgIpc) is 2.47. The Morgan fingerprint density at radius 3 is 2.52 bits per heavy atom. The third-order valence-electron chi connectivity index (χ3n) is 4.83. The molecule has 0 bridgehead atoms. The molecule has 0 aromatic heterocycles. The average molecular weight is 335 g/mol. The van der Waals surface area contributed by atoms with Gasteiger partial charge in [0.2, 0.25) is 5.91 Å². The second kappa shape index (κ2) is 6.87. The van der Waals surface area contributed by atoms with Crippen molar-refractivity contribution in [3.8, 4) is 0 Å². The van der Waals surface area contributed by atoms with E-state index in [1.165, 1.54) is 12.7 Å². The van der Waals surface area contributed by atoms with E-state index in [2.05, 4.69) is 16.9 Å². The van der Waals surface area contributed by atoms with E-state index in [1.807, 2.05) is 11.8 Å². The van der Waals surface area contributed by atoms with Crippen molar-refractivity contribution in [1.82, 2.24) is 10.6 Å². The molecule has 7 heteroatoms. The van der Waals surface area contributed by atoms with Gasteiger partial charge >= 0.3 is 0 Å². The highest BCUT2D eigenvalue weighted by molar-refractivity contribution is 7.99. The minimum absolute atomic E-state index is 0.122. The van der Waals surface area contributed by atoms with Crippen molar-refractivity contribution in [3.05, 3.63) is 0 Å². The van der Waals surface area contributed by atoms with Crippen LogP contribution in [0.3, 0.4) is 0 Å². The van der Waals surface area contributed by atoms with E-state index in [9.17, 15) is 13.2 Å². The highest BCUT2D eigenvalue weighted by Gasteiger charge is 2.49. The van der Waals surface area contributed by atoms with Crippen molar-refractivity contribution in [2.75, 3.05) is 25.6 Å². The number of carbonyl (C=O) groups is 1. The normalized spacial score (nSPS) is 29.8. The highest BCUT2D eigenvalue weighted by Crippen LogP contribution is 2.31. The summed E-state index contributed by atoms with van der Waals surface area (Å²) in [6, 6.07) is 0.122. The van der Waals surface area contributed by atoms with Gasteiger partial charge in [-0.2, -0.15) is 11.8 Å². The second-order valence-corrected chi connectivity index (χ2v) is 9.68. The number of carbonyl (C=O) groups excluding carboxylic acids is 1. The van der Waals surface area contributed by atoms with Crippen LogP contribution in [-0.4, -0.2) is 56.0 Å². The van der Waals surface area contributed by atoms with Gasteiger partial charge in [0, 0.05) is 17.5 Å². The molecule has 2 fully saturated rings. The summed E-state index contributed by atoms with van der Waals surface area (Å²) in [5.74, 6) is -0.279. The molecule has 2 N–H and O–H groups in total. The Hall–Kier alpha value is -0.270. The molecule has 0 aromatic carbocycles. The molecule has 1 aliphatic heterocycles. The summed E-state index contributed by atoms with van der Waals surface area (Å²) in [5, 5.41) is 6.75. The first-order chi connectivity index (χ1) is 9.89. The Bertz CT molecular complexity index is 473. The number of hydrogen-bond donors (Lipinski definition) is 2. The minimum Gasteiger partial charge on any atom is -0.352 e. The molecule has 2 unspecified atom stereocenters. The zero-order valence-corrected chi connectivity index (χ0v) is 14.5. The maximum atomic E-state index is 12.7. The molecule has 0 aromatic rings. The predicted octanol–water partition coefficient (Wildman–Crippen LogP) is 0.944. The van der Waals surface area contributed by atoms with Crippen LogP contribution in [0.2, 0.25) is 0 Å². The fourth-order valence-corrected chi connectivity index (χ4v) is 5.57. The summed E-state index contributed by atoms with van der Waals surface area (Å²) >= 11 is 1.84. The molecule has 1 amide bonds. The molecular formula is C14H26N2O3S2. The van der Waals surface area contributed by atoms with E-state index in [0.29, 0.717) is 31.2 Å². The molecule has 1 saturated heterocycles. The van der Waals surface area contributed by atoms with Crippen molar-refractivity contribution < 1.29 is 13.2 Å². The molecule has 1 saturated carbocycles. The molecule has 1 aliphatic carbocycles. The summed E-state index contributed by atoms with van der Waals surface area (Å²) in [4.78, 5) is 12.7. The van der Waals surface area contributed by atoms with Crippen LogP contribution in [0.4, 0.5) is 0 Å². The van der Waals surface area contributed by atoms with Gasteiger partial charge in [0.05, 0.1) is 0 Å². The first-order valence-corrected chi connectivity index (χ1v) is 10.8. The third-order valence-corrected chi connectivity index (χ3v) is 7.94. The standard InChI is InChI=1S/C14H26N2O3S2/c1-20-12-5-3-4-11(10-12)16-13(17)14(21(2,18)19)6-8-15-9-7-14/h11-12,15H,3-10H2,1-2H3,(H,16,17). The van der Waals surface area contributed by atoms with Gasteiger partial charge in [0.25, 0.3) is 0 Å². The molecule has 2 aliphatic rings. The molecule has 2 atom stereocenters. The van der Waals surface area contributed by atoms with Crippen molar-refractivity contribution in [1.29, 1.82) is 0 Å². The monoisotopic (exact) mass is 334 g/mol. The van der Waals surface area contributed by atoms with Crippen molar-refractivity contribution in [2.24, 2.45) is 0 Å². The van der Waals surface area contributed by atoms with Crippen LogP contribution in [-0.2, 0) is 14.6 Å². The summed E-state index contributed by atoms with van der Waals surface area (Å²) < 4.78 is 23.2. The molecule has 21 heavy (non-hydrogen) atoms. The van der Waals surface area contributed by atoms with Gasteiger partial charge in [-0.25, -0.2) is 8.42 Å². The Labute approximate surface area is 131 Å². The lowest BCUT2D eigenvalue weighted by atomic mass is 9.92. The maximum Gasteiger partial charge on any atom is 0.241 e. The number of sulfone groups is 1. The van der Waals surface area contributed by atoms with Crippen molar-refractivity contribution in [3.63, 3.8) is 0 Å². The van der Waals surface area contributed by atoms with Crippen LogP contribution < -0.4 is 10.6 Å². The molecule has 5 nitrogen and oxygen atoms in total. The Morgan fingerprint density at radius 2 is 1.95 bits per heavy atom. The Morgan fingerprint density at radius 1 is 1.29 bits per heavy atom. The lowest BCUT2D eigenvalue weighted by molar-refractivity contribution is -0.125. The van der Waals surface area contributed by atoms with E-state index in [4.69, 9.17) is 0 Å². The topological polar surface area (TPSA) is 75.3 Å². The summed E-state index contributed by atoms with van der Waals surface area (Å²) in [5.41, 5.74) is 0. The van der Waals surface area contributed by atoms with E-state index < -0.39 is 14.6 Å². The number of hydrogen-bond acceptors (Lipinski definition) is 5. The summed E-state index contributed by atoms with van der Waals surface area (Å²) in [6.45, 7) is 1.16. The fraction of sp³-hybridized carbons (Fsp3) is 0.929. The van der Waals surface area contributed by atoms with Crippen LogP contribution in [0, 0.1) is 0 Å². The van der Waals surface area contributed by atoms with Crippen molar-refractivity contribution >= 4 is 27.5 Å². The van der Waals surface area contributed by atoms with Crippen LogP contribution in [0.15, 0.2) is 0 Å². The van der Waals surface area contributed by atoms with E-state index in [-0.39, 0.29) is 11.9 Å². The van der Waals surface area contributed by atoms with Crippen LogP contribution >= 0.6 is 11.8 Å². The number of thioether (sulfide) groups is 1. The zero-order chi connectivity index (χ0) is 15.5. The third kappa shape index (κ3) is 3.74. The van der Waals surface area contributed by atoms with Crippen LogP contribution in [0.5, 0.6) is 0 Å². The lowest BCUT2D eigenvalue weighted by Crippen LogP contribution is -2.59. The van der Waals surface area contributed by atoms with Crippen molar-refractivity contribution in [2.45, 2.75) is 54.6 Å². The van der Waals surface area contributed by atoms with Gasteiger partial charge in [-0.15, -0.1) is 0 Å². The van der Waals surface area contributed by atoms with Gasteiger partial charge in [-0.3, -0.25) is 4.79 Å². The smallest absolute Gasteiger partial charge is 0.241 e. The van der Waals surface area contributed by atoms with Gasteiger partial charge in [-0.1, -0.05) is 6.42 Å². The molecular weight excluding hydrogens is 308 g/mol. The van der Waals surface area contributed by atoms with E-state index >= 15 is 0 Å². The highest BCUT2D eigenvalue weighted by atomic mass is 32.2. The van der Waals surface area contributed by atoms with Gasteiger partial charge in [0.1, 0.15) is 0 Å². The number of nitrogens with one attached hydrogen (secondary N) is 2. The van der Waals surface area contributed by atoms with E-state index in [1.54, 1.807) is 0 Å². The fourth-order valence-electron chi connectivity index (χ4n) is 3.40. The Balaban J connectivity index is 2.09. The Kier molecular flexibility index (Phi) is 5.59. The minimum atomic E-state index is -3.41. The number of piperidine rings is 1. The molecule has 0 spiro atoms. The van der Waals surface area contributed by atoms with Crippen LogP contribution in [0.1, 0.15) is 38.5 Å². The molecule has 0 radical (unpaired) electrons. The quantitative estimate of drug-likeness (QED) is 0.800. The number of rotatable bonds is 4. The van der Waals surface area contributed by atoms with Gasteiger partial charge in [0.15, 0.2) is 14.6 Å². The predicted molar refractivity (Wildman–Crippen MR) is 87.4 cm³/mol. The largest absolute Gasteiger partial charge is 0.352 e. The number of amides is 1. The second-order valence-electron chi connectivity index (χ2n) is 6.21. The first-order valence-electron chi connectivity index (χ1n) is 7.63.